The van der Waals surface area contributed by atoms with Crippen LogP contribution in [0.25, 0.3) is 5.69 Å². The number of nitrogens with zero attached hydrogens (tertiary/aromatic N) is 3. The smallest absolute Gasteiger partial charge is 0.411 e. The number of halogens is 3. The number of carbonyl (C=O) groups excluding carboxylic acids is 1. The van der Waals surface area contributed by atoms with Gasteiger partial charge in [-0.2, -0.15) is 5.10 Å². The Balaban J connectivity index is 1.79. The molecule has 1 aromatic carbocycles. The number of alkyl halides is 1. The average molecular weight is 515 g/mol. The summed E-state index contributed by atoms with van der Waals surface area (Å²) >= 11 is 2.14. The number of aromatic nitrogens is 2. The number of fused-ring (bicyclic) bond motifs is 4. The van der Waals surface area contributed by atoms with Gasteiger partial charge in [0.25, 0.3) is 0 Å². The van der Waals surface area contributed by atoms with Gasteiger partial charge in [0.1, 0.15) is 20.8 Å². The first-order valence-electron chi connectivity index (χ1n) is 9.70. The molecule has 1 saturated heterocycles. The van der Waals surface area contributed by atoms with Crippen LogP contribution in [0.1, 0.15) is 68.2 Å². The van der Waals surface area contributed by atoms with Crippen molar-refractivity contribution in [3.63, 3.8) is 0 Å². The highest BCUT2D eigenvalue weighted by atomic mass is 127. The maximum Gasteiger partial charge on any atom is 0.411 e. The van der Waals surface area contributed by atoms with Gasteiger partial charge in [-0.05, 0) is 93.3 Å². The predicted molar refractivity (Wildman–Crippen MR) is 113 cm³/mol. The molecular weight excluding hydrogens is 491 g/mol. The molecule has 1 aromatic heterocycles. The zero-order valence-corrected chi connectivity index (χ0v) is 19.3. The maximum absolute atomic E-state index is 15.5. The van der Waals surface area contributed by atoms with Crippen molar-refractivity contribution in [1.29, 1.82) is 0 Å². The van der Waals surface area contributed by atoms with E-state index in [0.717, 1.165) is 9.26 Å². The maximum atomic E-state index is 15.5. The van der Waals surface area contributed by atoms with Gasteiger partial charge in [-0.25, -0.2) is 18.3 Å². The van der Waals surface area contributed by atoms with Crippen LogP contribution in [0.5, 0.6) is 0 Å². The summed E-state index contributed by atoms with van der Waals surface area (Å²) in [6.07, 6.45) is -0.628. The highest BCUT2D eigenvalue weighted by molar-refractivity contribution is 14.1. The molecule has 5 nitrogen and oxygen atoms in total. The molecule has 3 heterocycles. The van der Waals surface area contributed by atoms with Crippen molar-refractivity contribution in [2.75, 3.05) is 0 Å². The number of aryl methyl sites for hydroxylation is 2. The first-order valence-corrected chi connectivity index (χ1v) is 10.8. The van der Waals surface area contributed by atoms with E-state index >= 15 is 4.39 Å². The Morgan fingerprint density at radius 2 is 1.86 bits per heavy atom. The molecular formula is C21H24F2IN3O2. The molecule has 8 heteroatoms. The third kappa shape index (κ3) is 3.33. The van der Waals surface area contributed by atoms with Crippen molar-refractivity contribution in [1.82, 2.24) is 14.7 Å². The van der Waals surface area contributed by atoms with Gasteiger partial charge in [0.2, 0.25) is 0 Å². The van der Waals surface area contributed by atoms with Crippen LogP contribution in [0, 0.1) is 23.4 Å². The number of hydrogen-bond acceptors (Lipinski definition) is 3. The predicted octanol–water partition coefficient (Wildman–Crippen LogP) is 5.70. The summed E-state index contributed by atoms with van der Waals surface area (Å²) in [5, 5.41) is 4.56. The number of benzene rings is 1. The number of carbonyl (C=O) groups is 1. The monoisotopic (exact) mass is 515 g/mol. The zero-order chi connectivity index (χ0) is 21.2. The Morgan fingerprint density at radius 3 is 2.45 bits per heavy atom. The molecule has 2 bridgehead atoms. The van der Waals surface area contributed by atoms with Crippen molar-refractivity contribution in [3.05, 3.63) is 44.0 Å². The van der Waals surface area contributed by atoms with E-state index in [-0.39, 0.29) is 11.9 Å². The van der Waals surface area contributed by atoms with Gasteiger partial charge in [-0.3, -0.25) is 4.90 Å². The van der Waals surface area contributed by atoms with Crippen LogP contribution < -0.4 is 0 Å². The molecule has 2 aliphatic heterocycles. The number of hydrogen-bond donors (Lipinski definition) is 0. The molecule has 0 N–H and O–H groups in total. The van der Waals surface area contributed by atoms with Crippen molar-refractivity contribution < 1.29 is 18.3 Å². The van der Waals surface area contributed by atoms with Crippen LogP contribution in [0.3, 0.4) is 0 Å². The molecule has 2 aliphatic rings. The van der Waals surface area contributed by atoms with E-state index in [9.17, 15) is 9.18 Å². The molecule has 3 atom stereocenters. The average Bonchev–Trinajstić information content (AvgIpc) is 3.15. The molecule has 0 radical (unpaired) electrons. The van der Waals surface area contributed by atoms with Crippen LogP contribution in [0.2, 0.25) is 0 Å². The Morgan fingerprint density at radius 1 is 1.24 bits per heavy atom. The van der Waals surface area contributed by atoms with Gasteiger partial charge in [-0.15, -0.1) is 0 Å². The molecule has 29 heavy (non-hydrogen) atoms. The summed E-state index contributed by atoms with van der Waals surface area (Å²) in [6, 6.07) is 2.58. The highest BCUT2D eigenvalue weighted by Gasteiger charge is 2.52. The first-order chi connectivity index (χ1) is 13.5. The lowest BCUT2D eigenvalue weighted by Crippen LogP contribution is -2.45. The van der Waals surface area contributed by atoms with Crippen LogP contribution in [0.15, 0.2) is 12.1 Å². The van der Waals surface area contributed by atoms with Gasteiger partial charge in [0.15, 0.2) is 6.17 Å². The molecule has 2 aromatic rings. The van der Waals surface area contributed by atoms with Crippen LogP contribution in [-0.2, 0) is 4.74 Å². The van der Waals surface area contributed by atoms with E-state index in [1.807, 2.05) is 0 Å². The van der Waals surface area contributed by atoms with E-state index < -0.39 is 23.9 Å². The molecule has 3 unspecified atom stereocenters. The second-order valence-electron chi connectivity index (χ2n) is 8.84. The van der Waals surface area contributed by atoms with Crippen LogP contribution in [-0.4, -0.2) is 32.4 Å². The lowest BCUT2D eigenvalue weighted by atomic mass is 9.99. The topological polar surface area (TPSA) is 47.4 Å². The molecule has 156 valence electrons. The number of rotatable bonds is 1. The quantitative estimate of drug-likeness (QED) is 0.458. The Kier molecular flexibility index (Phi) is 4.91. The summed E-state index contributed by atoms with van der Waals surface area (Å²) in [6.45, 7) is 8.81. The Bertz CT molecular complexity index is 976. The second kappa shape index (κ2) is 6.92. The summed E-state index contributed by atoms with van der Waals surface area (Å²) in [7, 11) is 0. The SMILES string of the molecule is Cc1cc(-n2nc3c(c2I)C2CCC(C3F)N2C(=O)OC(C)(C)C)cc(C)c1F. The molecule has 4 rings (SSSR count). The minimum atomic E-state index is -1.38. The van der Waals surface area contributed by atoms with E-state index in [0.29, 0.717) is 35.3 Å². The molecule has 1 amide bonds. The molecule has 0 aliphatic carbocycles. The van der Waals surface area contributed by atoms with Crippen molar-refractivity contribution in [3.8, 4) is 5.69 Å². The third-order valence-corrected chi connectivity index (χ3v) is 6.56. The minimum Gasteiger partial charge on any atom is -0.444 e. The van der Waals surface area contributed by atoms with Gasteiger partial charge >= 0.3 is 6.09 Å². The van der Waals surface area contributed by atoms with Gasteiger partial charge in [-0.1, -0.05) is 0 Å². The third-order valence-electron chi connectivity index (χ3n) is 5.52. The fourth-order valence-electron chi connectivity index (χ4n) is 4.32. The zero-order valence-electron chi connectivity index (χ0n) is 17.1. The van der Waals surface area contributed by atoms with E-state index in [2.05, 4.69) is 27.7 Å². The highest BCUT2D eigenvalue weighted by Crippen LogP contribution is 2.51. The summed E-state index contributed by atoms with van der Waals surface area (Å²) in [4.78, 5) is 14.4. The Hall–Kier alpha value is -1.71. The summed E-state index contributed by atoms with van der Waals surface area (Å²) in [5.41, 5.74) is 2.17. The fourth-order valence-corrected chi connectivity index (χ4v) is 5.34. The normalized spacial score (nSPS) is 23.3. The molecule has 0 spiro atoms. The Labute approximate surface area is 182 Å². The van der Waals surface area contributed by atoms with Crippen molar-refractivity contribution in [2.24, 2.45) is 0 Å². The van der Waals surface area contributed by atoms with E-state index in [1.165, 1.54) is 0 Å². The van der Waals surface area contributed by atoms with Gasteiger partial charge < -0.3 is 4.74 Å². The standard InChI is InChI=1S/C21H24F2IN3O2/c1-10-8-12(9-11(2)16(10)22)27-19(24)15-13-6-7-14(17(23)18(15)25-27)26(13)20(28)29-21(3,4)5/h8-9,13-14,17H,6-7H2,1-5H3. The minimum absolute atomic E-state index is 0.251. The van der Waals surface area contributed by atoms with E-state index in [1.54, 1.807) is 56.3 Å². The molecule has 1 fully saturated rings. The molecule has 0 saturated carbocycles. The summed E-state index contributed by atoms with van der Waals surface area (Å²) < 4.78 is 37.5. The van der Waals surface area contributed by atoms with Crippen LogP contribution in [0.4, 0.5) is 13.6 Å². The van der Waals surface area contributed by atoms with Gasteiger partial charge in [0, 0.05) is 5.56 Å². The van der Waals surface area contributed by atoms with Crippen LogP contribution >= 0.6 is 22.6 Å². The summed E-state index contributed by atoms with van der Waals surface area (Å²) in [5.74, 6) is -0.251. The second-order valence-corrected chi connectivity index (χ2v) is 9.87. The first kappa shape index (κ1) is 20.6. The lowest BCUT2D eigenvalue weighted by molar-refractivity contribution is 0.000971. The van der Waals surface area contributed by atoms with Crippen molar-refractivity contribution >= 4 is 28.7 Å². The number of amides is 1. The number of ether oxygens (including phenoxy) is 1. The van der Waals surface area contributed by atoms with Gasteiger partial charge in [0.05, 0.1) is 17.8 Å². The van der Waals surface area contributed by atoms with E-state index in [4.69, 9.17) is 4.74 Å². The fraction of sp³-hybridized carbons (Fsp3) is 0.524. The lowest BCUT2D eigenvalue weighted by Gasteiger charge is -2.37. The van der Waals surface area contributed by atoms with Crippen molar-refractivity contribution in [2.45, 2.75) is 71.3 Å². The largest absolute Gasteiger partial charge is 0.444 e.